The smallest absolute Gasteiger partial charge is 0.109 e. The van der Waals surface area contributed by atoms with E-state index in [9.17, 15) is 0 Å². The van der Waals surface area contributed by atoms with E-state index in [4.69, 9.17) is 4.98 Å². The van der Waals surface area contributed by atoms with Gasteiger partial charge in [-0.25, -0.2) is 4.98 Å². The number of thiophene rings is 1. The van der Waals surface area contributed by atoms with Crippen LogP contribution in [0.5, 0.6) is 0 Å². The van der Waals surface area contributed by atoms with Crippen molar-refractivity contribution in [3.05, 3.63) is 64.7 Å². The average Bonchev–Trinajstić information content (AvgIpc) is 3.32. The standard InChI is InChI=1S/C20H21N3S/c1-2-5-15(6-3-1)19-10-21-20-9-16-11-22(12-17(16)13-23(19)20)14-18-7-4-8-24-18/h1-8,10,16-17H,9,11-14H2/t16-,17+/m1/s1. The van der Waals surface area contributed by atoms with Crippen LogP contribution in [0.1, 0.15) is 10.7 Å². The van der Waals surface area contributed by atoms with Gasteiger partial charge in [0.2, 0.25) is 0 Å². The molecule has 1 saturated heterocycles. The maximum Gasteiger partial charge on any atom is 0.109 e. The molecule has 122 valence electrons. The molecular weight excluding hydrogens is 314 g/mol. The van der Waals surface area contributed by atoms with Crippen LogP contribution < -0.4 is 0 Å². The summed E-state index contributed by atoms with van der Waals surface area (Å²) in [5.74, 6) is 2.80. The molecule has 0 bridgehead atoms. The maximum absolute atomic E-state index is 4.74. The van der Waals surface area contributed by atoms with Gasteiger partial charge < -0.3 is 4.57 Å². The Labute approximate surface area is 146 Å². The number of nitrogens with zero attached hydrogens (tertiary/aromatic N) is 3. The van der Waals surface area contributed by atoms with Crippen LogP contribution >= 0.6 is 11.3 Å². The highest BCUT2D eigenvalue weighted by molar-refractivity contribution is 7.09. The number of hydrogen-bond donors (Lipinski definition) is 0. The van der Waals surface area contributed by atoms with Gasteiger partial charge in [-0.05, 0) is 28.8 Å². The topological polar surface area (TPSA) is 21.1 Å². The number of likely N-dealkylation sites (tertiary alicyclic amines) is 1. The fraction of sp³-hybridized carbons (Fsp3) is 0.350. The van der Waals surface area contributed by atoms with Crippen LogP contribution in [0.3, 0.4) is 0 Å². The predicted octanol–water partition coefficient (Wildman–Crippen LogP) is 3.92. The third kappa shape index (κ3) is 2.50. The molecule has 0 aliphatic carbocycles. The lowest BCUT2D eigenvalue weighted by atomic mass is 9.89. The molecule has 0 unspecified atom stereocenters. The van der Waals surface area contributed by atoms with Crippen LogP contribution in [0.4, 0.5) is 0 Å². The van der Waals surface area contributed by atoms with E-state index >= 15 is 0 Å². The number of fused-ring (bicyclic) bond motifs is 2. The fourth-order valence-corrected chi connectivity index (χ4v) is 5.06. The monoisotopic (exact) mass is 335 g/mol. The van der Waals surface area contributed by atoms with Gasteiger partial charge in [-0.15, -0.1) is 11.3 Å². The van der Waals surface area contributed by atoms with Gasteiger partial charge in [-0.2, -0.15) is 0 Å². The second-order valence-electron chi connectivity index (χ2n) is 7.03. The summed E-state index contributed by atoms with van der Waals surface area (Å²) in [6.45, 7) is 4.66. The molecule has 1 aromatic carbocycles. The molecule has 3 nitrogen and oxygen atoms in total. The van der Waals surface area contributed by atoms with Gasteiger partial charge in [0.05, 0.1) is 11.9 Å². The van der Waals surface area contributed by atoms with Crippen LogP contribution in [-0.4, -0.2) is 27.5 Å². The van der Waals surface area contributed by atoms with Crippen molar-refractivity contribution in [1.29, 1.82) is 0 Å². The number of aromatic nitrogens is 2. The summed E-state index contributed by atoms with van der Waals surface area (Å²) in [6, 6.07) is 15.1. The minimum absolute atomic E-state index is 0.758. The zero-order valence-corrected chi connectivity index (χ0v) is 14.5. The molecule has 2 aliphatic rings. The molecule has 0 saturated carbocycles. The van der Waals surface area contributed by atoms with E-state index in [0.29, 0.717) is 0 Å². The van der Waals surface area contributed by atoms with Gasteiger partial charge in [0.25, 0.3) is 0 Å². The molecule has 0 amide bonds. The molecule has 5 rings (SSSR count). The lowest BCUT2D eigenvalue weighted by molar-refractivity contribution is 0.308. The van der Waals surface area contributed by atoms with Crippen LogP contribution in [0.25, 0.3) is 11.3 Å². The Bertz CT molecular complexity index is 822. The minimum atomic E-state index is 0.758. The molecule has 4 heterocycles. The normalized spacial score (nSPS) is 23.2. The van der Waals surface area contributed by atoms with Crippen molar-refractivity contribution in [2.24, 2.45) is 11.8 Å². The second-order valence-corrected chi connectivity index (χ2v) is 8.07. The molecular formula is C20H21N3S. The number of benzene rings is 1. The van der Waals surface area contributed by atoms with E-state index < -0.39 is 0 Å². The van der Waals surface area contributed by atoms with Gasteiger partial charge >= 0.3 is 0 Å². The molecule has 2 atom stereocenters. The van der Waals surface area contributed by atoms with E-state index in [1.165, 1.54) is 35.0 Å². The SMILES string of the molecule is c1ccc(-c2cnc3n2C[C@@H]2CN(Cc4cccs4)C[C@H]2C3)cc1. The number of rotatable bonds is 3. The van der Waals surface area contributed by atoms with Crippen molar-refractivity contribution < 1.29 is 0 Å². The van der Waals surface area contributed by atoms with Crippen molar-refractivity contribution in [2.45, 2.75) is 19.5 Å². The molecule has 1 fully saturated rings. The summed E-state index contributed by atoms with van der Waals surface area (Å²) in [5.41, 5.74) is 2.56. The van der Waals surface area contributed by atoms with Crippen molar-refractivity contribution in [2.75, 3.05) is 13.1 Å². The van der Waals surface area contributed by atoms with Crippen molar-refractivity contribution >= 4 is 11.3 Å². The first-order valence-corrected chi connectivity index (χ1v) is 9.59. The third-order valence-electron chi connectivity index (χ3n) is 5.48. The van der Waals surface area contributed by atoms with E-state index in [1.54, 1.807) is 0 Å². The first kappa shape index (κ1) is 14.4. The zero-order chi connectivity index (χ0) is 15.9. The first-order valence-electron chi connectivity index (χ1n) is 8.71. The first-order chi connectivity index (χ1) is 11.9. The Morgan fingerprint density at radius 1 is 1.00 bits per heavy atom. The van der Waals surface area contributed by atoms with Crippen molar-refractivity contribution in [1.82, 2.24) is 14.5 Å². The van der Waals surface area contributed by atoms with Crippen molar-refractivity contribution in [3.63, 3.8) is 0 Å². The molecule has 0 N–H and O–H groups in total. The highest BCUT2D eigenvalue weighted by Gasteiger charge is 2.37. The summed E-state index contributed by atoms with van der Waals surface area (Å²) >= 11 is 1.87. The molecule has 3 aromatic rings. The number of hydrogen-bond acceptors (Lipinski definition) is 3. The summed E-state index contributed by atoms with van der Waals surface area (Å²) < 4.78 is 2.46. The van der Waals surface area contributed by atoms with Gasteiger partial charge in [-0.1, -0.05) is 36.4 Å². The molecule has 2 aromatic heterocycles. The van der Waals surface area contributed by atoms with E-state index in [1.807, 2.05) is 11.3 Å². The van der Waals surface area contributed by atoms with Crippen LogP contribution in [0.2, 0.25) is 0 Å². The molecule has 2 aliphatic heterocycles. The highest BCUT2D eigenvalue weighted by atomic mass is 32.1. The third-order valence-corrected chi connectivity index (χ3v) is 6.34. The Kier molecular flexibility index (Phi) is 3.53. The summed E-state index contributed by atoms with van der Waals surface area (Å²) in [7, 11) is 0. The Morgan fingerprint density at radius 3 is 2.71 bits per heavy atom. The molecule has 0 radical (unpaired) electrons. The number of imidazole rings is 1. The molecule has 4 heteroatoms. The quantitative estimate of drug-likeness (QED) is 0.723. The summed E-state index contributed by atoms with van der Waals surface area (Å²) in [4.78, 5) is 8.86. The Morgan fingerprint density at radius 2 is 1.88 bits per heavy atom. The van der Waals surface area contributed by atoms with Gasteiger partial charge in [0.15, 0.2) is 0 Å². The summed E-state index contributed by atoms with van der Waals surface area (Å²) in [6.07, 6.45) is 3.19. The molecule has 24 heavy (non-hydrogen) atoms. The summed E-state index contributed by atoms with van der Waals surface area (Å²) in [5, 5.41) is 2.18. The lowest BCUT2D eigenvalue weighted by Gasteiger charge is -2.27. The van der Waals surface area contributed by atoms with Crippen LogP contribution in [0.15, 0.2) is 54.0 Å². The van der Waals surface area contributed by atoms with E-state index in [-0.39, 0.29) is 0 Å². The van der Waals surface area contributed by atoms with Gasteiger partial charge in [-0.3, -0.25) is 4.90 Å². The Hall–Kier alpha value is -1.91. The largest absolute Gasteiger partial charge is 0.328 e. The highest BCUT2D eigenvalue weighted by Crippen LogP contribution is 2.35. The second kappa shape index (κ2) is 5.87. The predicted molar refractivity (Wildman–Crippen MR) is 97.9 cm³/mol. The van der Waals surface area contributed by atoms with Gasteiger partial charge in [0, 0.05) is 37.5 Å². The van der Waals surface area contributed by atoms with E-state index in [2.05, 4.69) is 63.5 Å². The van der Waals surface area contributed by atoms with Crippen LogP contribution in [-0.2, 0) is 19.5 Å². The van der Waals surface area contributed by atoms with Crippen molar-refractivity contribution in [3.8, 4) is 11.3 Å². The maximum atomic E-state index is 4.74. The van der Waals surface area contributed by atoms with Crippen LogP contribution in [0, 0.1) is 11.8 Å². The minimum Gasteiger partial charge on any atom is -0.328 e. The zero-order valence-electron chi connectivity index (χ0n) is 13.6. The lowest BCUT2D eigenvalue weighted by Crippen LogP contribution is -2.28. The van der Waals surface area contributed by atoms with Gasteiger partial charge in [0.1, 0.15) is 5.82 Å². The van der Waals surface area contributed by atoms with E-state index in [0.717, 1.165) is 31.3 Å². The molecule has 0 spiro atoms. The Balaban J connectivity index is 1.37. The average molecular weight is 335 g/mol. The fourth-order valence-electron chi connectivity index (χ4n) is 4.32.